The van der Waals surface area contributed by atoms with Gasteiger partial charge in [-0.2, -0.15) is 0 Å². The number of amides is 1. The second-order valence-corrected chi connectivity index (χ2v) is 9.75. The third-order valence-electron chi connectivity index (χ3n) is 7.60. The highest BCUT2D eigenvalue weighted by Gasteiger charge is 2.63. The zero-order valence-electron chi connectivity index (χ0n) is 19.2. The lowest BCUT2D eigenvalue weighted by Gasteiger charge is -2.51. The smallest absolute Gasteiger partial charge is 0.254 e. The lowest BCUT2D eigenvalue weighted by atomic mass is 9.57. The molecular formula is C25H26N4O6. The number of Topliss-reactive ketones (excluding diaryl/α,β-unsaturated/α-hetero) is 1. The first kappa shape index (κ1) is 22.9. The number of benzene rings is 2. The van der Waals surface area contributed by atoms with E-state index >= 15 is 0 Å². The number of ketones is 1. The van der Waals surface area contributed by atoms with Crippen LogP contribution < -0.4 is 11.5 Å². The van der Waals surface area contributed by atoms with E-state index in [-0.39, 0.29) is 29.7 Å². The molecule has 0 radical (unpaired) electrons. The number of anilines is 1. The molecule has 2 aromatic rings. The Balaban J connectivity index is 1.74. The quantitative estimate of drug-likeness (QED) is 0.312. The van der Waals surface area contributed by atoms with Crippen LogP contribution >= 0.6 is 0 Å². The van der Waals surface area contributed by atoms with Gasteiger partial charge >= 0.3 is 0 Å². The van der Waals surface area contributed by atoms with E-state index in [1.54, 1.807) is 43.3 Å². The fourth-order valence-corrected chi connectivity index (χ4v) is 6.10. The Morgan fingerprint density at radius 1 is 1.20 bits per heavy atom. The first-order valence-corrected chi connectivity index (χ1v) is 11.1. The van der Waals surface area contributed by atoms with Crippen molar-refractivity contribution in [2.75, 3.05) is 19.8 Å². The minimum atomic E-state index is -2.50. The molecule has 10 heteroatoms. The summed E-state index contributed by atoms with van der Waals surface area (Å²) in [5, 5.41) is 54.4. The van der Waals surface area contributed by atoms with Crippen LogP contribution in [0.25, 0.3) is 16.5 Å². The van der Waals surface area contributed by atoms with Gasteiger partial charge in [0.1, 0.15) is 22.8 Å². The van der Waals surface area contributed by atoms with Crippen LogP contribution in [0.5, 0.6) is 5.75 Å². The van der Waals surface area contributed by atoms with Gasteiger partial charge in [-0.1, -0.05) is 6.07 Å². The summed E-state index contributed by atoms with van der Waals surface area (Å²) in [7, 11) is 3.24. The number of phenols is 1. The van der Waals surface area contributed by atoms with Gasteiger partial charge in [0.25, 0.3) is 5.91 Å². The van der Waals surface area contributed by atoms with E-state index < -0.39 is 58.0 Å². The van der Waals surface area contributed by atoms with E-state index in [2.05, 4.69) is 0 Å². The molecule has 0 aromatic heterocycles. The molecule has 0 heterocycles. The third kappa shape index (κ3) is 2.87. The molecule has 2 aromatic carbocycles. The van der Waals surface area contributed by atoms with Gasteiger partial charge in [-0.05, 0) is 62.0 Å². The number of hydrogen-bond donors (Lipinski definition) is 7. The van der Waals surface area contributed by atoms with Gasteiger partial charge in [-0.15, -0.1) is 0 Å². The van der Waals surface area contributed by atoms with Crippen molar-refractivity contribution in [3.8, 4) is 5.75 Å². The molecule has 35 heavy (non-hydrogen) atoms. The highest BCUT2D eigenvalue weighted by molar-refractivity contribution is 6.34. The Morgan fingerprint density at radius 3 is 2.51 bits per heavy atom. The molecule has 182 valence electrons. The average molecular weight is 479 g/mol. The van der Waals surface area contributed by atoms with E-state index in [0.29, 0.717) is 22.0 Å². The molecule has 9 N–H and O–H groups in total. The van der Waals surface area contributed by atoms with Gasteiger partial charge in [0.15, 0.2) is 5.60 Å². The lowest BCUT2D eigenvalue weighted by Crippen LogP contribution is -2.67. The van der Waals surface area contributed by atoms with E-state index in [1.807, 2.05) is 0 Å². The maximum absolute atomic E-state index is 13.8. The number of nitrogens with one attached hydrogen (secondary N) is 1. The number of primary amides is 1. The second kappa shape index (κ2) is 7.30. The summed E-state index contributed by atoms with van der Waals surface area (Å²) in [6.45, 7) is 0. The Hall–Kier alpha value is -3.89. The topological polar surface area (TPSA) is 194 Å². The molecule has 0 saturated heterocycles. The molecule has 1 fully saturated rings. The summed E-state index contributed by atoms with van der Waals surface area (Å²) in [5.41, 5.74) is 8.47. The van der Waals surface area contributed by atoms with Crippen LogP contribution in [0, 0.1) is 17.2 Å². The number of carbonyl (C=O) groups excluding carboxylic acids is 2. The molecule has 4 atom stereocenters. The number of hydrogen-bond acceptors (Lipinski definition) is 9. The SMILES string of the molecule is CN(C)[C@@H]1C(O)=C(C(N)=O)C(=N)[C@@]2(O)C(=O)C3=C(O)c4c(cc5cc(N)ccc5c4O)C[C@H]3C[C@@H]12. The van der Waals surface area contributed by atoms with Gasteiger partial charge in [0.05, 0.1) is 17.3 Å². The highest BCUT2D eigenvalue weighted by atomic mass is 16.3. The molecule has 0 bridgehead atoms. The van der Waals surface area contributed by atoms with Gasteiger partial charge in [-0.25, -0.2) is 0 Å². The number of carbonyl (C=O) groups is 2. The maximum Gasteiger partial charge on any atom is 0.254 e. The monoisotopic (exact) mass is 478 g/mol. The van der Waals surface area contributed by atoms with E-state index in [1.165, 1.54) is 0 Å². The number of likely N-dealkylation sites (N-methyl/N-ethyl adjacent to an activating group) is 1. The summed E-state index contributed by atoms with van der Waals surface area (Å²) in [6, 6.07) is 5.76. The van der Waals surface area contributed by atoms with Crippen LogP contribution in [0.1, 0.15) is 17.5 Å². The van der Waals surface area contributed by atoms with Crippen LogP contribution in [-0.2, 0) is 16.0 Å². The minimum absolute atomic E-state index is 0.0870. The van der Waals surface area contributed by atoms with E-state index in [9.17, 15) is 30.0 Å². The molecule has 0 unspecified atom stereocenters. The maximum atomic E-state index is 13.8. The Bertz CT molecular complexity index is 1420. The zero-order chi connectivity index (χ0) is 25.6. The molecule has 5 rings (SSSR count). The number of phenolic OH excluding ortho intramolecular Hbond substituents is 1. The minimum Gasteiger partial charge on any atom is -0.510 e. The average Bonchev–Trinajstić information content (AvgIpc) is 2.75. The molecule has 0 aliphatic heterocycles. The number of rotatable bonds is 2. The van der Waals surface area contributed by atoms with Gasteiger partial charge in [-0.3, -0.25) is 14.5 Å². The van der Waals surface area contributed by atoms with Crippen molar-refractivity contribution in [3.63, 3.8) is 0 Å². The lowest BCUT2D eigenvalue weighted by molar-refractivity contribution is -0.138. The fourth-order valence-electron chi connectivity index (χ4n) is 6.10. The van der Waals surface area contributed by atoms with Crippen molar-refractivity contribution in [3.05, 3.63) is 52.3 Å². The van der Waals surface area contributed by atoms with E-state index in [0.717, 1.165) is 0 Å². The summed E-state index contributed by atoms with van der Waals surface area (Å²) < 4.78 is 0. The molecule has 1 amide bonds. The van der Waals surface area contributed by atoms with Crippen molar-refractivity contribution in [2.24, 2.45) is 17.6 Å². The molecule has 3 aliphatic carbocycles. The summed E-state index contributed by atoms with van der Waals surface area (Å²) in [6.07, 6.45) is 0.393. The van der Waals surface area contributed by atoms with Gasteiger partial charge in [0, 0.05) is 22.6 Å². The number of fused-ring (bicyclic) bond motifs is 4. The standard InChI is InChI=1S/C25H26N4O6/c1-29(2)18-14-8-11-6-10-5-9-7-12(26)3-4-13(9)19(30)15(10)20(31)16(11)23(33)25(14,35)22(27)17(21(18)32)24(28)34/h3-5,7,11,14,18,27,30-32,35H,6,8,26H2,1-2H3,(H2,28,34)/t11-,14-,18-,25+/m0/s1. The number of nitrogens with two attached hydrogens (primary N) is 2. The Kier molecular flexibility index (Phi) is 4.77. The number of aliphatic hydroxyl groups is 3. The van der Waals surface area contributed by atoms with Crippen LogP contribution in [-0.4, -0.2) is 68.5 Å². The largest absolute Gasteiger partial charge is 0.510 e. The molecule has 1 saturated carbocycles. The molecule has 3 aliphatic rings. The van der Waals surface area contributed by atoms with Crippen LogP contribution in [0.2, 0.25) is 0 Å². The normalized spacial score (nSPS) is 28.3. The van der Waals surface area contributed by atoms with Crippen LogP contribution in [0.15, 0.2) is 41.2 Å². The summed E-state index contributed by atoms with van der Waals surface area (Å²) >= 11 is 0. The highest BCUT2D eigenvalue weighted by Crippen LogP contribution is 2.52. The number of nitrogens with zero attached hydrogens (tertiary/aromatic N) is 1. The van der Waals surface area contributed by atoms with E-state index in [4.69, 9.17) is 16.9 Å². The van der Waals surface area contributed by atoms with Crippen molar-refractivity contribution >= 4 is 39.6 Å². The van der Waals surface area contributed by atoms with Crippen molar-refractivity contribution in [1.29, 1.82) is 5.41 Å². The van der Waals surface area contributed by atoms with Gasteiger partial charge < -0.3 is 37.3 Å². The predicted molar refractivity (Wildman–Crippen MR) is 129 cm³/mol. The fraction of sp³-hybridized carbons (Fsp3) is 0.320. The summed E-state index contributed by atoms with van der Waals surface area (Å²) in [5.74, 6) is -4.79. The predicted octanol–water partition coefficient (Wildman–Crippen LogP) is 1.15. The number of aliphatic hydroxyl groups excluding tert-OH is 2. The molecule has 0 spiro atoms. The summed E-state index contributed by atoms with van der Waals surface area (Å²) in [4.78, 5) is 27.5. The van der Waals surface area contributed by atoms with Crippen LogP contribution in [0.3, 0.4) is 0 Å². The third-order valence-corrected chi connectivity index (χ3v) is 7.60. The first-order chi connectivity index (χ1) is 16.4. The number of aromatic hydroxyl groups is 1. The molecular weight excluding hydrogens is 452 g/mol. The second-order valence-electron chi connectivity index (χ2n) is 9.75. The first-order valence-electron chi connectivity index (χ1n) is 11.1. The zero-order valence-corrected chi connectivity index (χ0v) is 19.2. The molecule has 10 nitrogen and oxygen atoms in total. The van der Waals surface area contributed by atoms with Crippen molar-refractivity contribution in [2.45, 2.75) is 24.5 Å². The Labute approximate surface area is 200 Å². The van der Waals surface area contributed by atoms with Crippen LogP contribution in [0.4, 0.5) is 5.69 Å². The van der Waals surface area contributed by atoms with Crippen molar-refractivity contribution in [1.82, 2.24) is 4.90 Å². The Morgan fingerprint density at radius 2 is 1.89 bits per heavy atom. The number of nitrogen functional groups attached to an aromatic ring is 1. The van der Waals surface area contributed by atoms with Crippen molar-refractivity contribution < 1.29 is 30.0 Å². The van der Waals surface area contributed by atoms with Gasteiger partial charge in [0.2, 0.25) is 5.78 Å².